The number of aliphatic hydroxyl groups excluding tert-OH is 1. The first-order valence-corrected chi connectivity index (χ1v) is 5.68. The topological polar surface area (TPSA) is 32.3 Å². The molecule has 1 aliphatic carbocycles. The van der Waals surface area contributed by atoms with Crippen LogP contribution in [0.3, 0.4) is 0 Å². The van der Waals surface area contributed by atoms with Crippen molar-refractivity contribution in [1.29, 1.82) is 0 Å². The number of aliphatic hydroxyl groups is 1. The van der Waals surface area contributed by atoms with Crippen LogP contribution in [-0.2, 0) is 0 Å². The molecule has 0 aliphatic heterocycles. The zero-order valence-electron chi connectivity index (χ0n) is 9.46. The zero-order valence-corrected chi connectivity index (χ0v) is 9.46. The molecule has 1 aliphatic rings. The van der Waals surface area contributed by atoms with Gasteiger partial charge in [-0.1, -0.05) is 17.7 Å². The van der Waals surface area contributed by atoms with E-state index in [9.17, 15) is 5.11 Å². The molecule has 1 saturated carbocycles. The normalized spacial score (nSPS) is 25.5. The molecule has 0 spiro atoms. The smallest absolute Gasteiger partial charge is 0.0741 e. The molecule has 2 unspecified atom stereocenters. The van der Waals surface area contributed by atoms with E-state index >= 15 is 0 Å². The largest absolute Gasteiger partial charge is 0.391 e. The molecule has 1 fully saturated rings. The molecule has 1 aromatic carbocycles. The summed E-state index contributed by atoms with van der Waals surface area (Å²) in [5.41, 5.74) is 3.70. The van der Waals surface area contributed by atoms with Crippen molar-refractivity contribution >= 4 is 5.69 Å². The minimum absolute atomic E-state index is 0.175. The molecular formula is C13H19NO. The Labute approximate surface area is 91.3 Å². The first-order chi connectivity index (χ1) is 7.16. The van der Waals surface area contributed by atoms with Gasteiger partial charge in [-0.15, -0.1) is 0 Å². The van der Waals surface area contributed by atoms with Crippen LogP contribution >= 0.6 is 0 Å². The summed E-state index contributed by atoms with van der Waals surface area (Å²) >= 11 is 0. The fraction of sp³-hybridized carbons (Fsp3) is 0.538. The van der Waals surface area contributed by atoms with E-state index < -0.39 is 0 Å². The minimum Gasteiger partial charge on any atom is -0.391 e. The predicted molar refractivity (Wildman–Crippen MR) is 63.2 cm³/mol. The van der Waals surface area contributed by atoms with Crippen LogP contribution in [0.25, 0.3) is 0 Å². The average Bonchev–Trinajstić information content (AvgIpc) is 2.57. The Bertz CT molecular complexity index is 348. The molecule has 2 atom stereocenters. The van der Waals surface area contributed by atoms with Crippen molar-refractivity contribution in [2.45, 2.75) is 45.3 Å². The molecule has 82 valence electrons. The molecule has 0 bridgehead atoms. The highest BCUT2D eigenvalue weighted by molar-refractivity contribution is 5.52. The highest BCUT2D eigenvalue weighted by Crippen LogP contribution is 2.25. The summed E-state index contributed by atoms with van der Waals surface area (Å²) < 4.78 is 0. The standard InChI is InChI=1S/C13H19NO/c1-9-6-7-11(10(2)8-9)14-12-4-3-5-13(12)15/h6-8,12-15H,3-5H2,1-2H3. The van der Waals surface area contributed by atoms with Gasteiger partial charge in [0, 0.05) is 5.69 Å². The van der Waals surface area contributed by atoms with Crippen LogP contribution in [0.4, 0.5) is 5.69 Å². The third-order valence-electron chi connectivity index (χ3n) is 3.20. The van der Waals surface area contributed by atoms with Crippen LogP contribution in [0.1, 0.15) is 30.4 Å². The summed E-state index contributed by atoms with van der Waals surface area (Å²) in [5, 5.41) is 13.2. The van der Waals surface area contributed by atoms with Gasteiger partial charge in [-0.3, -0.25) is 0 Å². The number of hydrogen-bond donors (Lipinski definition) is 2. The number of benzene rings is 1. The van der Waals surface area contributed by atoms with Crippen molar-refractivity contribution < 1.29 is 5.11 Å². The van der Waals surface area contributed by atoms with Gasteiger partial charge in [0.05, 0.1) is 12.1 Å². The van der Waals surface area contributed by atoms with Gasteiger partial charge in [0.25, 0.3) is 0 Å². The van der Waals surface area contributed by atoms with Crippen molar-refractivity contribution in [3.8, 4) is 0 Å². The van der Waals surface area contributed by atoms with Crippen molar-refractivity contribution in [2.24, 2.45) is 0 Å². The van der Waals surface area contributed by atoms with Crippen LogP contribution in [0.5, 0.6) is 0 Å². The summed E-state index contributed by atoms with van der Waals surface area (Å²) in [6.07, 6.45) is 2.96. The first kappa shape index (κ1) is 10.5. The number of nitrogens with one attached hydrogen (secondary N) is 1. The van der Waals surface area contributed by atoms with E-state index in [1.165, 1.54) is 11.1 Å². The number of anilines is 1. The first-order valence-electron chi connectivity index (χ1n) is 5.68. The lowest BCUT2D eigenvalue weighted by atomic mass is 10.1. The summed E-state index contributed by atoms with van der Waals surface area (Å²) in [6, 6.07) is 6.63. The Balaban J connectivity index is 2.10. The van der Waals surface area contributed by atoms with Gasteiger partial charge in [-0.25, -0.2) is 0 Å². The van der Waals surface area contributed by atoms with Crippen molar-refractivity contribution in [3.63, 3.8) is 0 Å². The fourth-order valence-corrected chi connectivity index (χ4v) is 2.28. The summed E-state index contributed by atoms with van der Waals surface area (Å²) in [4.78, 5) is 0. The maximum Gasteiger partial charge on any atom is 0.0741 e. The highest BCUT2D eigenvalue weighted by Gasteiger charge is 2.24. The molecule has 15 heavy (non-hydrogen) atoms. The van der Waals surface area contributed by atoms with Gasteiger partial charge < -0.3 is 10.4 Å². The lowest BCUT2D eigenvalue weighted by Crippen LogP contribution is -2.28. The van der Waals surface area contributed by atoms with Gasteiger partial charge in [-0.2, -0.15) is 0 Å². The van der Waals surface area contributed by atoms with E-state index in [4.69, 9.17) is 0 Å². The molecular weight excluding hydrogens is 186 g/mol. The molecule has 0 radical (unpaired) electrons. The lowest BCUT2D eigenvalue weighted by molar-refractivity contribution is 0.172. The Hall–Kier alpha value is -1.02. The van der Waals surface area contributed by atoms with Crippen LogP contribution in [0, 0.1) is 13.8 Å². The van der Waals surface area contributed by atoms with E-state index in [0.717, 1.165) is 24.9 Å². The number of hydrogen-bond acceptors (Lipinski definition) is 2. The molecule has 2 rings (SSSR count). The molecule has 2 nitrogen and oxygen atoms in total. The highest BCUT2D eigenvalue weighted by atomic mass is 16.3. The molecule has 2 heteroatoms. The van der Waals surface area contributed by atoms with E-state index in [1.54, 1.807) is 0 Å². The maximum absolute atomic E-state index is 9.73. The summed E-state index contributed by atoms with van der Waals surface area (Å²) in [5.74, 6) is 0. The Morgan fingerprint density at radius 1 is 1.27 bits per heavy atom. The van der Waals surface area contributed by atoms with Crippen LogP contribution < -0.4 is 5.32 Å². The van der Waals surface area contributed by atoms with Gasteiger partial charge in [0.1, 0.15) is 0 Å². The SMILES string of the molecule is Cc1ccc(NC2CCCC2O)c(C)c1. The van der Waals surface area contributed by atoms with Crippen LogP contribution in [0.15, 0.2) is 18.2 Å². The lowest BCUT2D eigenvalue weighted by Gasteiger charge is -2.19. The monoisotopic (exact) mass is 205 g/mol. The van der Waals surface area contributed by atoms with E-state index in [2.05, 4.69) is 37.4 Å². The Morgan fingerprint density at radius 3 is 2.67 bits per heavy atom. The number of aryl methyl sites for hydroxylation is 2. The minimum atomic E-state index is -0.175. The molecule has 0 heterocycles. The van der Waals surface area contributed by atoms with E-state index in [0.29, 0.717) is 0 Å². The number of rotatable bonds is 2. The predicted octanol–water partition coefficient (Wildman–Crippen LogP) is 2.63. The van der Waals surface area contributed by atoms with Gasteiger partial charge in [-0.05, 0) is 44.7 Å². The molecule has 2 N–H and O–H groups in total. The molecule has 0 aromatic heterocycles. The maximum atomic E-state index is 9.73. The third kappa shape index (κ3) is 2.32. The average molecular weight is 205 g/mol. The van der Waals surface area contributed by atoms with Crippen molar-refractivity contribution in [3.05, 3.63) is 29.3 Å². The summed E-state index contributed by atoms with van der Waals surface area (Å²) in [7, 11) is 0. The fourth-order valence-electron chi connectivity index (χ4n) is 2.28. The van der Waals surface area contributed by atoms with Crippen molar-refractivity contribution in [2.75, 3.05) is 5.32 Å². The summed E-state index contributed by atoms with van der Waals surface area (Å²) in [6.45, 7) is 4.21. The van der Waals surface area contributed by atoms with Crippen molar-refractivity contribution in [1.82, 2.24) is 0 Å². The molecule has 0 amide bonds. The van der Waals surface area contributed by atoms with Crippen LogP contribution in [-0.4, -0.2) is 17.3 Å². The quantitative estimate of drug-likeness (QED) is 0.778. The second-order valence-electron chi connectivity index (χ2n) is 4.57. The van der Waals surface area contributed by atoms with E-state index in [-0.39, 0.29) is 12.1 Å². The second kappa shape index (κ2) is 4.23. The van der Waals surface area contributed by atoms with Gasteiger partial charge in [0.15, 0.2) is 0 Å². The second-order valence-corrected chi connectivity index (χ2v) is 4.57. The Kier molecular flexibility index (Phi) is 2.96. The Morgan fingerprint density at radius 2 is 2.07 bits per heavy atom. The van der Waals surface area contributed by atoms with Crippen LogP contribution in [0.2, 0.25) is 0 Å². The zero-order chi connectivity index (χ0) is 10.8. The molecule has 0 saturated heterocycles. The van der Waals surface area contributed by atoms with Gasteiger partial charge in [0.2, 0.25) is 0 Å². The third-order valence-corrected chi connectivity index (χ3v) is 3.20. The van der Waals surface area contributed by atoms with E-state index in [1.807, 2.05) is 0 Å². The molecule has 1 aromatic rings. The van der Waals surface area contributed by atoms with Gasteiger partial charge >= 0.3 is 0 Å².